The molecule has 2 aliphatic rings. The Kier molecular flexibility index (Phi) is 19.2. The van der Waals surface area contributed by atoms with Crippen LogP contribution in [0, 0.1) is 0 Å². The van der Waals surface area contributed by atoms with Crippen LogP contribution in [-0.4, -0.2) is 36.9 Å². The second-order valence-electron chi connectivity index (χ2n) is 14.0. The van der Waals surface area contributed by atoms with Crippen LogP contribution in [0.4, 0.5) is 0 Å². The Morgan fingerprint density at radius 1 is 0.468 bits per heavy atom. The summed E-state index contributed by atoms with van der Waals surface area (Å²) < 4.78 is 11.3. The van der Waals surface area contributed by atoms with Gasteiger partial charge in [-0.25, -0.2) is 0 Å². The topological polar surface area (TPSA) is 25.1 Å². The van der Waals surface area contributed by atoms with E-state index in [4.69, 9.17) is 9.47 Å². The van der Waals surface area contributed by atoms with Crippen molar-refractivity contribution in [3.8, 4) is 0 Å². The quantitative estimate of drug-likeness (QED) is 0.0500. The highest BCUT2D eigenvalue weighted by Gasteiger charge is 2.25. The van der Waals surface area contributed by atoms with Gasteiger partial charge in [0.05, 0.1) is 25.4 Å². The molecule has 2 nitrogen and oxygen atoms in total. The molecule has 2 aromatic rings. The van der Waals surface area contributed by atoms with Gasteiger partial charge in [-0.3, -0.25) is 0 Å². The molecular formula is C42H66O2S3. The van der Waals surface area contributed by atoms with Crippen molar-refractivity contribution >= 4 is 35.3 Å². The lowest BCUT2D eigenvalue weighted by Crippen LogP contribution is -2.01. The van der Waals surface area contributed by atoms with Crippen molar-refractivity contribution < 1.29 is 9.47 Å². The van der Waals surface area contributed by atoms with Gasteiger partial charge >= 0.3 is 0 Å². The van der Waals surface area contributed by atoms with Crippen LogP contribution in [0.25, 0.3) is 0 Å². The molecule has 2 unspecified atom stereocenters. The second-order valence-corrected chi connectivity index (χ2v) is 17.2. The lowest BCUT2D eigenvalue weighted by atomic mass is 10.00. The Balaban J connectivity index is 1.65. The molecule has 0 saturated carbocycles. The van der Waals surface area contributed by atoms with Gasteiger partial charge in [0.25, 0.3) is 0 Å². The van der Waals surface area contributed by atoms with Crippen LogP contribution in [0.3, 0.4) is 0 Å². The van der Waals surface area contributed by atoms with E-state index in [0.29, 0.717) is 12.2 Å². The highest BCUT2D eigenvalue weighted by atomic mass is 32.2. The molecule has 0 aromatic heterocycles. The van der Waals surface area contributed by atoms with Crippen molar-refractivity contribution in [1.29, 1.82) is 0 Å². The highest BCUT2D eigenvalue weighted by molar-refractivity contribution is 8.00. The van der Waals surface area contributed by atoms with Crippen LogP contribution in [-0.2, 0) is 35.2 Å². The monoisotopic (exact) mass is 698 g/mol. The maximum atomic E-state index is 5.65. The predicted molar refractivity (Wildman–Crippen MR) is 209 cm³/mol. The van der Waals surface area contributed by atoms with Gasteiger partial charge in [-0.05, 0) is 97.9 Å². The standard InChI is InChI=1S/C42H66O2S3/c1-5-9-13-17-21-33-25-39(26-34(22-18-14-10-6-2)41(33)45-31-37-29-43-37)47-40-27-35(23-19-15-11-7-3)42(46-32-38-30-44-38)36(28-40)24-20-16-12-8-4/h25-28,37-38H,5-24,29-32H2,1-4H3. The summed E-state index contributed by atoms with van der Waals surface area (Å²) in [6.07, 6.45) is 26.8. The normalized spacial score (nSPS) is 17.0. The van der Waals surface area contributed by atoms with E-state index < -0.39 is 0 Å². The molecule has 2 aliphatic heterocycles. The van der Waals surface area contributed by atoms with Crippen LogP contribution in [0.15, 0.2) is 43.8 Å². The van der Waals surface area contributed by atoms with Gasteiger partial charge in [-0.15, -0.1) is 23.5 Å². The van der Waals surface area contributed by atoms with E-state index in [1.165, 1.54) is 138 Å². The molecule has 2 aromatic carbocycles. The Morgan fingerprint density at radius 3 is 1.02 bits per heavy atom. The summed E-state index contributed by atoms with van der Waals surface area (Å²) in [5.74, 6) is 2.20. The van der Waals surface area contributed by atoms with Gasteiger partial charge in [0.1, 0.15) is 0 Å². The third-order valence-electron chi connectivity index (χ3n) is 9.50. The molecule has 0 aliphatic carbocycles. The molecule has 5 heteroatoms. The number of ether oxygens (including phenoxy) is 2. The maximum absolute atomic E-state index is 5.65. The number of hydrogen-bond donors (Lipinski definition) is 0. The molecule has 4 rings (SSSR count). The van der Waals surface area contributed by atoms with Crippen LogP contribution in [0.2, 0.25) is 0 Å². The molecular weight excluding hydrogens is 633 g/mol. The molecule has 2 fully saturated rings. The van der Waals surface area contributed by atoms with Gasteiger partial charge in [0.15, 0.2) is 0 Å². The summed E-state index contributed by atoms with van der Waals surface area (Å²) in [5.41, 5.74) is 6.38. The number of unbranched alkanes of at least 4 members (excludes halogenated alkanes) is 12. The molecule has 2 saturated heterocycles. The van der Waals surface area contributed by atoms with Crippen LogP contribution < -0.4 is 0 Å². The highest BCUT2D eigenvalue weighted by Crippen LogP contribution is 2.41. The molecule has 264 valence electrons. The first kappa shape index (κ1) is 39.2. The largest absolute Gasteiger partial charge is 0.372 e. The summed E-state index contributed by atoms with van der Waals surface area (Å²) in [7, 11) is 0. The van der Waals surface area contributed by atoms with E-state index in [9.17, 15) is 0 Å². The van der Waals surface area contributed by atoms with Crippen LogP contribution in [0.5, 0.6) is 0 Å². The van der Waals surface area contributed by atoms with Gasteiger partial charge in [-0.2, -0.15) is 0 Å². The van der Waals surface area contributed by atoms with Crippen molar-refractivity contribution in [2.24, 2.45) is 0 Å². The smallest absolute Gasteiger partial charge is 0.0903 e. The number of aryl methyl sites for hydroxylation is 4. The Bertz CT molecular complexity index is 1000. The van der Waals surface area contributed by atoms with Crippen molar-refractivity contribution in [2.45, 2.75) is 188 Å². The zero-order chi connectivity index (χ0) is 33.1. The van der Waals surface area contributed by atoms with E-state index in [1.54, 1.807) is 32.0 Å². The van der Waals surface area contributed by atoms with E-state index in [0.717, 1.165) is 24.7 Å². The summed E-state index contributed by atoms with van der Waals surface area (Å²) >= 11 is 6.21. The lowest BCUT2D eigenvalue weighted by molar-refractivity contribution is 0.426. The number of epoxide rings is 2. The zero-order valence-corrected chi connectivity index (χ0v) is 32.9. The minimum Gasteiger partial charge on any atom is -0.372 e. The maximum Gasteiger partial charge on any atom is 0.0903 e. The average molecular weight is 699 g/mol. The third kappa shape index (κ3) is 15.0. The average Bonchev–Trinajstić information content (AvgIpc) is 4.01. The predicted octanol–water partition coefficient (Wildman–Crippen LogP) is 13.3. The van der Waals surface area contributed by atoms with Crippen LogP contribution >= 0.6 is 35.3 Å². The Hall–Kier alpha value is -0.590. The molecule has 0 radical (unpaired) electrons. The van der Waals surface area contributed by atoms with E-state index in [1.807, 2.05) is 11.8 Å². The zero-order valence-electron chi connectivity index (χ0n) is 30.5. The minimum atomic E-state index is 0.462. The molecule has 0 bridgehead atoms. The van der Waals surface area contributed by atoms with Gasteiger partial charge in [0, 0.05) is 31.1 Å². The van der Waals surface area contributed by atoms with Crippen molar-refractivity contribution in [3.05, 3.63) is 46.5 Å². The fraction of sp³-hybridized carbons (Fsp3) is 0.714. The third-order valence-corrected chi connectivity index (χ3v) is 13.1. The first-order valence-corrected chi connectivity index (χ1v) is 22.4. The summed E-state index contributed by atoms with van der Waals surface area (Å²) in [5, 5.41) is 0. The summed E-state index contributed by atoms with van der Waals surface area (Å²) in [4.78, 5) is 6.07. The fourth-order valence-electron chi connectivity index (χ4n) is 6.46. The van der Waals surface area contributed by atoms with Crippen LogP contribution in [0.1, 0.15) is 153 Å². The summed E-state index contributed by atoms with van der Waals surface area (Å²) in [6, 6.07) is 10.3. The number of hydrogen-bond acceptors (Lipinski definition) is 5. The van der Waals surface area contributed by atoms with Crippen molar-refractivity contribution in [3.63, 3.8) is 0 Å². The van der Waals surface area contributed by atoms with Crippen molar-refractivity contribution in [2.75, 3.05) is 24.7 Å². The first-order chi connectivity index (χ1) is 23.1. The molecule has 2 atom stereocenters. The first-order valence-electron chi connectivity index (χ1n) is 19.6. The Labute approximate surface area is 302 Å². The minimum absolute atomic E-state index is 0.462. The number of rotatable bonds is 28. The van der Waals surface area contributed by atoms with Gasteiger partial charge in [0.2, 0.25) is 0 Å². The SMILES string of the molecule is CCCCCCc1cc(Sc2cc(CCCCCC)c(SCC3CO3)c(CCCCCC)c2)cc(CCCCCC)c1SCC1CO1. The van der Waals surface area contributed by atoms with E-state index in [2.05, 4.69) is 75.5 Å². The molecule has 0 amide bonds. The Morgan fingerprint density at radius 2 is 0.766 bits per heavy atom. The van der Waals surface area contributed by atoms with E-state index in [-0.39, 0.29) is 0 Å². The molecule has 0 spiro atoms. The molecule has 2 heterocycles. The van der Waals surface area contributed by atoms with E-state index >= 15 is 0 Å². The summed E-state index contributed by atoms with van der Waals surface area (Å²) in [6.45, 7) is 11.2. The van der Waals surface area contributed by atoms with Gasteiger partial charge < -0.3 is 9.47 Å². The molecule has 47 heavy (non-hydrogen) atoms. The number of benzene rings is 2. The molecule has 0 N–H and O–H groups in total. The fourth-order valence-corrected chi connectivity index (χ4v) is 10.0. The van der Waals surface area contributed by atoms with Crippen molar-refractivity contribution in [1.82, 2.24) is 0 Å². The second kappa shape index (κ2) is 23.0. The lowest BCUT2D eigenvalue weighted by Gasteiger charge is -2.19. The number of thioether (sulfide) groups is 2. The van der Waals surface area contributed by atoms with Gasteiger partial charge in [-0.1, -0.05) is 117 Å².